The van der Waals surface area contributed by atoms with E-state index in [1.807, 2.05) is 0 Å². The minimum absolute atomic E-state index is 0.225. The molecule has 1 amide bonds. The maximum absolute atomic E-state index is 12.1. The van der Waals surface area contributed by atoms with Crippen LogP contribution in [-0.2, 0) is 4.79 Å². The third-order valence-electron chi connectivity index (χ3n) is 3.22. The number of hydrogen-bond acceptors (Lipinski definition) is 1. The summed E-state index contributed by atoms with van der Waals surface area (Å²) >= 11 is 0. The average molecular weight is 227 g/mol. The van der Waals surface area contributed by atoms with Crippen molar-refractivity contribution in [3.05, 3.63) is 0 Å². The van der Waals surface area contributed by atoms with Crippen molar-refractivity contribution in [1.29, 1.82) is 0 Å². The van der Waals surface area contributed by atoms with Crippen LogP contribution in [0.3, 0.4) is 0 Å². The molecule has 16 heavy (non-hydrogen) atoms. The molecule has 0 heterocycles. The molecule has 0 aromatic carbocycles. The molecule has 0 radical (unpaired) electrons. The Balaban J connectivity index is 4.26. The minimum Gasteiger partial charge on any atom is -0.353 e. The Morgan fingerprint density at radius 3 is 1.88 bits per heavy atom. The Bertz CT molecular complexity index is 183. The molecule has 0 bridgehead atoms. The summed E-state index contributed by atoms with van der Waals surface area (Å²) in [4.78, 5) is 12.1. The molecule has 1 N–H and O–H groups in total. The van der Waals surface area contributed by atoms with Gasteiger partial charge in [0.05, 0.1) is 0 Å². The third kappa shape index (κ3) is 5.53. The van der Waals surface area contributed by atoms with Crippen molar-refractivity contribution in [2.75, 3.05) is 0 Å². The Morgan fingerprint density at radius 1 is 1.06 bits per heavy atom. The van der Waals surface area contributed by atoms with Crippen LogP contribution in [-0.4, -0.2) is 11.9 Å². The highest BCUT2D eigenvalue weighted by Gasteiger charge is 2.20. The summed E-state index contributed by atoms with van der Waals surface area (Å²) in [6.07, 6.45) is 5.25. The first-order valence-electron chi connectivity index (χ1n) is 6.87. The second-order valence-corrected chi connectivity index (χ2v) is 5.04. The lowest BCUT2D eigenvalue weighted by Crippen LogP contribution is -2.41. The molecule has 0 fully saturated rings. The summed E-state index contributed by atoms with van der Waals surface area (Å²) in [5, 5.41) is 3.20. The lowest BCUT2D eigenvalue weighted by Gasteiger charge is -2.24. The molecule has 2 nitrogen and oxygen atoms in total. The van der Waals surface area contributed by atoms with Crippen LogP contribution in [0.15, 0.2) is 0 Å². The molecule has 0 saturated carbocycles. The van der Waals surface area contributed by atoms with E-state index in [-0.39, 0.29) is 11.8 Å². The lowest BCUT2D eigenvalue weighted by atomic mass is 9.95. The summed E-state index contributed by atoms with van der Waals surface area (Å²) in [5.41, 5.74) is 0. The second-order valence-electron chi connectivity index (χ2n) is 5.04. The van der Waals surface area contributed by atoms with Crippen LogP contribution in [0.25, 0.3) is 0 Å². The predicted molar refractivity (Wildman–Crippen MR) is 70.4 cm³/mol. The van der Waals surface area contributed by atoms with Crippen molar-refractivity contribution in [3.63, 3.8) is 0 Å². The molecule has 0 aromatic heterocycles. The average Bonchev–Trinajstić information content (AvgIpc) is 2.24. The predicted octanol–water partition coefficient (Wildman–Crippen LogP) is 3.75. The molecule has 2 heteroatoms. The van der Waals surface area contributed by atoms with Gasteiger partial charge in [-0.2, -0.15) is 0 Å². The van der Waals surface area contributed by atoms with E-state index in [0.29, 0.717) is 12.0 Å². The van der Waals surface area contributed by atoms with Crippen LogP contribution in [0, 0.1) is 11.8 Å². The van der Waals surface area contributed by atoms with Gasteiger partial charge in [0.1, 0.15) is 0 Å². The molecule has 0 aromatic rings. The third-order valence-corrected chi connectivity index (χ3v) is 3.22. The van der Waals surface area contributed by atoms with Gasteiger partial charge in [0.15, 0.2) is 0 Å². The van der Waals surface area contributed by atoms with Crippen molar-refractivity contribution >= 4 is 5.91 Å². The minimum atomic E-state index is 0.225. The van der Waals surface area contributed by atoms with Gasteiger partial charge in [0, 0.05) is 12.0 Å². The van der Waals surface area contributed by atoms with Crippen LogP contribution >= 0.6 is 0 Å². The van der Waals surface area contributed by atoms with Gasteiger partial charge in [0.25, 0.3) is 0 Å². The zero-order valence-corrected chi connectivity index (χ0v) is 11.7. The molecular weight excluding hydrogens is 198 g/mol. The van der Waals surface area contributed by atoms with Crippen molar-refractivity contribution in [1.82, 2.24) is 5.32 Å². The SMILES string of the molecule is CCCC(CCC)C(=O)N[C@@H](CC)C(C)C. The van der Waals surface area contributed by atoms with Crippen LogP contribution in [0.4, 0.5) is 0 Å². The first-order valence-corrected chi connectivity index (χ1v) is 6.87. The maximum atomic E-state index is 12.1. The van der Waals surface area contributed by atoms with Gasteiger partial charge < -0.3 is 5.32 Å². The number of hydrogen-bond donors (Lipinski definition) is 1. The van der Waals surface area contributed by atoms with E-state index in [1.54, 1.807) is 0 Å². The van der Waals surface area contributed by atoms with E-state index < -0.39 is 0 Å². The first kappa shape index (κ1) is 15.5. The highest BCUT2D eigenvalue weighted by molar-refractivity contribution is 5.78. The van der Waals surface area contributed by atoms with E-state index >= 15 is 0 Å². The first-order chi connectivity index (χ1) is 7.56. The summed E-state index contributed by atoms with van der Waals surface area (Å²) in [7, 11) is 0. The molecule has 96 valence electrons. The van der Waals surface area contributed by atoms with Crippen molar-refractivity contribution < 1.29 is 4.79 Å². The second kappa shape index (κ2) is 8.60. The maximum Gasteiger partial charge on any atom is 0.223 e. The summed E-state index contributed by atoms with van der Waals surface area (Å²) in [6, 6.07) is 0.337. The summed E-state index contributed by atoms with van der Waals surface area (Å²) < 4.78 is 0. The molecule has 0 unspecified atom stereocenters. The molecule has 0 rings (SSSR count). The van der Waals surface area contributed by atoms with Crippen molar-refractivity contribution in [2.45, 2.75) is 72.8 Å². The van der Waals surface area contributed by atoms with Gasteiger partial charge in [0.2, 0.25) is 5.91 Å². The number of rotatable bonds is 8. The Morgan fingerprint density at radius 2 is 1.56 bits per heavy atom. The summed E-state index contributed by atoms with van der Waals surface area (Å²) in [5.74, 6) is 1.02. The van der Waals surface area contributed by atoms with Crippen LogP contribution < -0.4 is 5.32 Å². The van der Waals surface area contributed by atoms with Gasteiger partial charge in [-0.05, 0) is 25.2 Å². The zero-order chi connectivity index (χ0) is 12.6. The molecule has 0 spiro atoms. The fraction of sp³-hybridized carbons (Fsp3) is 0.929. The number of carbonyl (C=O) groups is 1. The normalized spacial score (nSPS) is 13.2. The van der Waals surface area contributed by atoms with E-state index in [1.165, 1.54) is 0 Å². The number of amides is 1. The molecule has 0 saturated heterocycles. The monoisotopic (exact) mass is 227 g/mol. The highest BCUT2D eigenvalue weighted by atomic mass is 16.1. The van der Waals surface area contributed by atoms with E-state index in [4.69, 9.17) is 0 Å². The number of nitrogens with one attached hydrogen (secondary N) is 1. The van der Waals surface area contributed by atoms with Crippen molar-refractivity contribution in [3.8, 4) is 0 Å². The fourth-order valence-electron chi connectivity index (χ4n) is 2.14. The quantitative estimate of drug-likeness (QED) is 0.672. The zero-order valence-electron chi connectivity index (χ0n) is 11.7. The largest absolute Gasteiger partial charge is 0.353 e. The van der Waals surface area contributed by atoms with Gasteiger partial charge in [-0.3, -0.25) is 4.79 Å². The topological polar surface area (TPSA) is 29.1 Å². The lowest BCUT2D eigenvalue weighted by molar-refractivity contribution is -0.126. The molecule has 0 aliphatic carbocycles. The van der Waals surface area contributed by atoms with Crippen molar-refractivity contribution in [2.24, 2.45) is 11.8 Å². The number of carbonyl (C=O) groups excluding carboxylic acids is 1. The highest BCUT2D eigenvalue weighted by Crippen LogP contribution is 2.15. The van der Waals surface area contributed by atoms with Gasteiger partial charge >= 0.3 is 0 Å². The van der Waals surface area contributed by atoms with Crippen LogP contribution in [0.1, 0.15) is 66.7 Å². The Hall–Kier alpha value is -0.530. The molecule has 1 atom stereocenters. The Labute approximate surface area is 101 Å². The van der Waals surface area contributed by atoms with E-state index in [9.17, 15) is 4.79 Å². The van der Waals surface area contributed by atoms with E-state index in [2.05, 4.69) is 39.9 Å². The summed E-state index contributed by atoms with van der Waals surface area (Å²) in [6.45, 7) is 10.8. The Kier molecular flexibility index (Phi) is 8.32. The fourth-order valence-corrected chi connectivity index (χ4v) is 2.14. The smallest absolute Gasteiger partial charge is 0.223 e. The molecule has 0 aliphatic heterocycles. The van der Waals surface area contributed by atoms with Gasteiger partial charge in [-0.1, -0.05) is 47.5 Å². The van der Waals surface area contributed by atoms with Crippen LogP contribution in [0.5, 0.6) is 0 Å². The molecular formula is C14H29NO. The van der Waals surface area contributed by atoms with Gasteiger partial charge in [-0.25, -0.2) is 0 Å². The molecule has 0 aliphatic rings. The van der Waals surface area contributed by atoms with E-state index in [0.717, 1.165) is 32.1 Å². The van der Waals surface area contributed by atoms with Crippen LogP contribution in [0.2, 0.25) is 0 Å². The van der Waals surface area contributed by atoms with Gasteiger partial charge in [-0.15, -0.1) is 0 Å². The standard InChI is InChI=1S/C14H29NO/c1-6-9-12(10-7-2)14(16)15-13(8-3)11(4)5/h11-13H,6-10H2,1-5H3,(H,15,16)/t13-/m0/s1.